The van der Waals surface area contributed by atoms with Gasteiger partial charge >= 0.3 is 0 Å². The lowest BCUT2D eigenvalue weighted by Gasteiger charge is -2.32. The molecular formula is C13H18N4O2. The van der Waals surface area contributed by atoms with Crippen LogP contribution in [0.3, 0.4) is 0 Å². The lowest BCUT2D eigenvalue weighted by atomic mass is 10.0. The first-order chi connectivity index (χ1) is 9.22. The number of aromatic amines is 1. The summed E-state index contributed by atoms with van der Waals surface area (Å²) in [4.78, 5) is 31.6. The minimum Gasteiger partial charge on any atom is -0.367 e. The number of rotatable bonds is 3. The molecule has 0 spiro atoms. The minimum atomic E-state index is -0.154. The predicted molar refractivity (Wildman–Crippen MR) is 70.8 cm³/mol. The molecule has 1 aliphatic carbocycles. The van der Waals surface area contributed by atoms with E-state index in [4.69, 9.17) is 0 Å². The number of carbonyl (C=O) groups excluding carboxylic acids is 1. The van der Waals surface area contributed by atoms with Crippen molar-refractivity contribution in [1.82, 2.24) is 14.9 Å². The van der Waals surface area contributed by atoms with Crippen molar-refractivity contribution < 1.29 is 4.79 Å². The van der Waals surface area contributed by atoms with Gasteiger partial charge in [-0.2, -0.15) is 0 Å². The summed E-state index contributed by atoms with van der Waals surface area (Å²) in [7, 11) is 0. The highest BCUT2D eigenvalue weighted by Crippen LogP contribution is 2.32. The average Bonchev–Trinajstić information content (AvgIpc) is 3.23. The Labute approximate surface area is 111 Å². The maximum absolute atomic E-state index is 11.9. The van der Waals surface area contributed by atoms with Gasteiger partial charge in [0.1, 0.15) is 5.82 Å². The van der Waals surface area contributed by atoms with E-state index in [2.05, 4.69) is 15.3 Å². The number of aromatic nitrogens is 2. The zero-order valence-corrected chi connectivity index (χ0v) is 10.8. The quantitative estimate of drug-likeness (QED) is 0.835. The third kappa shape index (κ3) is 2.94. The summed E-state index contributed by atoms with van der Waals surface area (Å²) >= 11 is 0. The molecule has 0 atom stereocenters. The van der Waals surface area contributed by atoms with Crippen molar-refractivity contribution in [2.75, 3.05) is 18.4 Å². The van der Waals surface area contributed by atoms with Gasteiger partial charge in [-0.1, -0.05) is 0 Å². The van der Waals surface area contributed by atoms with Gasteiger partial charge in [0.25, 0.3) is 5.56 Å². The largest absolute Gasteiger partial charge is 0.367 e. The van der Waals surface area contributed by atoms with Gasteiger partial charge in [-0.05, 0) is 25.7 Å². The number of amides is 1. The third-order valence-electron chi connectivity index (χ3n) is 3.76. The summed E-state index contributed by atoms with van der Waals surface area (Å²) in [6.07, 6.45) is 5.34. The van der Waals surface area contributed by atoms with Crippen LogP contribution in [-0.2, 0) is 4.79 Å². The zero-order valence-electron chi connectivity index (χ0n) is 10.8. The Kier molecular flexibility index (Phi) is 3.23. The maximum atomic E-state index is 11.9. The van der Waals surface area contributed by atoms with Crippen LogP contribution in [0.15, 0.2) is 17.2 Å². The van der Waals surface area contributed by atoms with E-state index in [-0.39, 0.29) is 11.6 Å². The highest BCUT2D eigenvalue weighted by molar-refractivity contribution is 5.81. The number of nitrogens with one attached hydrogen (secondary N) is 2. The minimum absolute atomic E-state index is 0.154. The molecule has 19 heavy (non-hydrogen) atoms. The van der Waals surface area contributed by atoms with Gasteiger partial charge in [0.2, 0.25) is 5.91 Å². The second-order valence-corrected chi connectivity index (χ2v) is 5.31. The number of hydrogen-bond donors (Lipinski definition) is 2. The van der Waals surface area contributed by atoms with Crippen molar-refractivity contribution in [3.63, 3.8) is 0 Å². The normalized spacial score (nSPS) is 20.3. The first-order valence-electron chi connectivity index (χ1n) is 6.82. The van der Waals surface area contributed by atoms with E-state index in [1.54, 1.807) is 0 Å². The van der Waals surface area contributed by atoms with Crippen molar-refractivity contribution in [2.24, 2.45) is 5.92 Å². The van der Waals surface area contributed by atoms with Gasteiger partial charge in [0.15, 0.2) is 0 Å². The van der Waals surface area contributed by atoms with Gasteiger partial charge in [-0.3, -0.25) is 9.59 Å². The van der Waals surface area contributed by atoms with Gasteiger partial charge in [0, 0.05) is 31.1 Å². The summed E-state index contributed by atoms with van der Waals surface area (Å²) in [6, 6.07) is 1.75. The number of nitrogens with zero attached hydrogens (tertiary/aromatic N) is 2. The second-order valence-electron chi connectivity index (χ2n) is 5.31. The number of piperidine rings is 1. The lowest BCUT2D eigenvalue weighted by Crippen LogP contribution is -2.43. The molecule has 0 unspecified atom stereocenters. The molecule has 1 aliphatic heterocycles. The molecule has 2 heterocycles. The van der Waals surface area contributed by atoms with Crippen LogP contribution in [0.5, 0.6) is 0 Å². The monoisotopic (exact) mass is 262 g/mol. The Morgan fingerprint density at radius 2 is 2.05 bits per heavy atom. The molecule has 2 N–H and O–H groups in total. The van der Waals surface area contributed by atoms with E-state index in [0.29, 0.717) is 17.6 Å². The predicted octanol–water partition coefficient (Wildman–Crippen LogP) is 0.583. The first-order valence-corrected chi connectivity index (χ1v) is 6.82. The van der Waals surface area contributed by atoms with E-state index >= 15 is 0 Å². The van der Waals surface area contributed by atoms with Crippen LogP contribution in [0.25, 0.3) is 0 Å². The fourth-order valence-corrected chi connectivity index (χ4v) is 2.49. The van der Waals surface area contributed by atoms with E-state index < -0.39 is 0 Å². The summed E-state index contributed by atoms with van der Waals surface area (Å²) in [5, 5.41) is 3.26. The summed E-state index contributed by atoms with van der Waals surface area (Å²) < 4.78 is 0. The number of H-pyrrole nitrogens is 1. The fraction of sp³-hybridized carbons (Fsp3) is 0.615. The topological polar surface area (TPSA) is 78.1 Å². The highest BCUT2D eigenvalue weighted by atomic mass is 16.2. The third-order valence-corrected chi connectivity index (χ3v) is 3.76. The first kappa shape index (κ1) is 12.2. The number of hydrogen-bond acceptors (Lipinski definition) is 4. The smallest absolute Gasteiger partial charge is 0.252 e. The lowest BCUT2D eigenvalue weighted by molar-refractivity contribution is -0.133. The molecule has 2 fully saturated rings. The standard InChI is InChI=1S/C13H18N4O2/c18-12-7-11(14-8-15-12)16-10-3-5-17(6-4-10)13(19)9-1-2-9/h7-10H,1-6H2,(H2,14,15,16,18). The van der Waals surface area contributed by atoms with Crippen molar-refractivity contribution in [1.29, 1.82) is 0 Å². The van der Waals surface area contributed by atoms with Crippen molar-refractivity contribution in [2.45, 2.75) is 31.7 Å². The van der Waals surface area contributed by atoms with Crippen LogP contribution in [0.4, 0.5) is 5.82 Å². The highest BCUT2D eigenvalue weighted by Gasteiger charge is 2.34. The van der Waals surface area contributed by atoms with E-state index in [9.17, 15) is 9.59 Å². The van der Waals surface area contributed by atoms with Gasteiger partial charge in [-0.15, -0.1) is 0 Å². The molecular weight excluding hydrogens is 244 g/mol. The molecule has 0 aromatic carbocycles. The van der Waals surface area contributed by atoms with Crippen LogP contribution >= 0.6 is 0 Å². The molecule has 6 heteroatoms. The fourth-order valence-electron chi connectivity index (χ4n) is 2.49. The summed E-state index contributed by atoms with van der Waals surface area (Å²) in [5.74, 6) is 1.24. The van der Waals surface area contributed by atoms with Crippen LogP contribution in [0.2, 0.25) is 0 Å². The average molecular weight is 262 g/mol. The van der Waals surface area contributed by atoms with Gasteiger partial charge < -0.3 is 15.2 Å². The van der Waals surface area contributed by atoms with E-state index in [1.165, 1.54) is 12.4 Å². The number of likely N-dealkylation sites (tertiary alicyclic amines) is 1. The molecule has 1 aromatic rings. The van der Waals surface area contributed by atoms with Crippen molar-refractivity contribution in [3.05, 3.63) is 22.7 Å². The molecule has 1 saturated carbocycles. The molecule has 6 nitrogen and oxygen atoms in total. The van der Waals surface area contributed by atoms with E-state index in [1.807, 2.05) is 4.90 Å². The SMILES string of the molecule is O=C(C1CC1)N1CCC(Nc2cc(=O)[nH]cn2)CC1. The summed E-state index contributed by atoms with van der Waals surface area (Å²) in [6.45, 7) is 1.60. The maximum Gasteiger partial charge on any atom is 0.252 e. The number of carbonyl (C=O) groups is 1. The van der Waals surface area contributed by atoms with Crippen LogP contribution in [0.1, 0.15) is 25.7 Å². The Bertz CT molecular complexity index is 515. The molecule has 1 aromatic heterocycles. The molecule has 102 valence electrons. The van der Waals surface area contributed by atoms with Gasteiger partial charge in [0.05, 0.1) is 6.33 Å². The molecule has 1 saturated heterocycles. The van der Waals surface area contributed by atoms with Crippen LogP contribution in [-0.4, -0.2) is 39.9 Å². The van der Waals surface area contributed by atoms with Gasteiger partial charge in [-0.25, -0.2) is 4.98 Å². The molecule has 1 amide bonds. The number of anilines is 1. The zero-order chi connectivity index (χ0) is 13.2. The van der Waals surface area contributed by atoms with Crippen molar-refractivity contribution in [3.8, 4) is 0 Å². The second kappa shape index (κ2) is 5.03. The summed E-state index contributed by atoms with van der Waals surface area (Å²) in [5.41, 5.74) is -0.154. The van der Waals surface area contributed by atoms with Crippen LogP contribution in [0, 0.1) is 5.92 Å². The van der Waals surface area contributed by atoms with Crippen LogP contribution < -0.4 is 10.9 Å². The molecule has 3 rings (SSSR count). The Morgan fingerprint density at radius 1 is 1.32 bits per heavy atom. The Morgan fingerprint density at radius 3 is 2.68 bits per heavy atom. The molecule has 2 aliphatic rings. The Balaban J connectivity index is 1.52. The van der Waals surface area contributed by atoms with Crippen molar-refractivity contribution >= 4 is 11.7 Å². The Hall–Kier alpha value is -1.85. The van der Waals surface area contributed by atoms with E-state index in [0.717, 1.165) is 38.8 Å². The molecule has 0 bridgehead atoms. The molecule has 0 radical (unpaired) electrons.